The molecule has 0 radical (unpaired) electrons. The van der Waals surface area contributed by atoms with Gasteiger partial charge in [-0.1, -0.05) is 20.8 Å². The molecule has 132 valence electrons. The van der Waals surface area contributed by atoms with Gasteiger partial charge in [0.1, 0.15) is 17.4 Å². The summed E-state index contributed by atoms with van der Waals surface area (Å²) in [6.07, 6.45) is -0.458. The first-order valence-electron chi connectivity index (χ1n) is 7.79. The topological polar surface area (TPSA) is 95.9 Å². The molecule has 23 heavy (non-hydrogen) atoms. The lowest BCUT2D eigenvalue weighted by molar-refractivity contribution is -0.125. The molecule has 0 aromatic rings. The van der Waals surface area contributed by atoms with E-state index in [9.17, 15) is 19.5 Å². The van der Waals surface area contributed by atoms with Gasteiger partial charge in [0.2, 0.25) is 0 Å². The molecular formula is C16H28N2O5. The molecule has 2 amide bonds. The van der Waals surface area contributed by atoms with Crippen LogP contribution in [0.3, 0.4) is 0 Å². The zero-order valence-electron chi connectivity index (χ0n) is 14.8. The lowest BCUT2D eigenvalue weighted by atomic mass is 9.67. The van der Waals surface area contributed by atoms with Crippen LogP contribution in [0.5, 0.6) is 0 Å². The fourth-order valence-corrected chi connectivity index (χ4v) is 3.30. The first-order chi connectivity index (χ1) is 10.3. The maximum Gasteiger partial charge on any atom is 0.408 e. The monoisotopic (exact) mass is 328 g/mol. The van der Waals surface area contributed by atoms with Gasteiger partial charge in [-0.05, 0) is 32.6 Å². The molecule has 2 N–H and O–H groups in total. The molecule has 1 aliphatic heterocycles. The van der Waals surface area contributed by atoms with Gasteiger partial charge in [-0.2, -0.15) is 0 Å². The van der Waals surface area contributed by atoms with Crippen LogP contribution >= 0.6 is 0 Å². The van der Waals surface area contributed by atoms with Gasteiger partial charge in [0.05, 0.1) is 0 Å². The van der Waals surface area contributed by atoms with Gasteiger partial charge in [0, 0.05) is 19.0 Å². The quantitative estimate of drug-likeness (QED) is 0.776. The number of hydrogen-bond donors (Lipinski definition) is 2. The first kappa shape index (κ1) is 19.3. The molecule has 0 spiro atoms. The predicted octanol–water partition coefficient (Wildman–Crippen LogP) is 2.49. The highest BCUT2D eigenvalue weighted by molar-refractivity contribution is 5.78. The van der Waals surface area contributed by atoms with Crippen molar-refractivity contribution >= 4 is 18.5 Å². The van der Waals surface area contributed by atoms with E-state index in [-0.39, 0.29) is 19.0 Å². The number of rotatable bonds is 3. The number of carboxylic acid groups (broad SMARTS) is 1. The van der Waals surface area contributed by atoms with Gasteiger partial charge in [0.25, 0.3) is 0 Å². The summed E-state index contributed by atoms with van der Waals surface area (Å²) in [5.74, 6) is -0.302. The average Bonchev–Trinajstić information content (AvgIpc) is 2.73. The molecule has 2 atom stereocenters. The molecule has 1 aliphatic rings. The van der Waals surface area contributed by atoms with Crippen molar-refractivity contribution in [1.82, 2.24) is 10.2 Å². The number of alkyl carbamates (subject to hydrolysis) is 1. The Morgan fingerprint density at radius 2 is 1.87 bits per heavy atom. The second-order valence-corrected chi connectivity index (χ2v) is 8.00. The third-order valence-corrected chi connectivity index (χ3v) is 4.27. The Labute approximate surface area is 137 Å². The molecule has 1 rings (SSSR count). The maximum absolute atomic E-state index is 11.9. The van der Waals surface area contributed by atoms with Gasteiger partial charge in [-0.25, -0.2) is 9.59 Å². The van der Waals surface area contributed by atoms with Gasteiger partial charge in [0.15, 0.2) is 0 Å². The number of amides is 2. The van der Waals surface area contributed by atoms with E-state index in [2.05, 4.69) is 5.32 Å². The summed E-state index contributed by atoms with van der Waals surface area (Å²) >= 11 is 0. The number of nitrogens with zero attached hydrogens (tertiary/aromatic N) is 1. The van der Waals surface area contributed by atoms with Crippen LogP contribution in [0.25, 0.3) is 0 Å². The van der Waals surface area contributed by atoms with Crippen LogP contribution in [0.15, 0.2) is 0 Å². The number of hydrogen-bond acceptors (Lipinski definition) is 4. The zero-order valence-corrected chi connectivity index (χ0v) is 14.8. The average molecular weight is 328 g/mol. The van der Waals surface area contributed by atoms with E-state index < -0.39 is 28.7 Å². The SMILES string of the molecule is CC(C)(C)OC(=O)NC[C@@H]1CCN(C(=O)O)[C@@]1(C=O)C(C)(C)C. The minimum atomic E-state index is -1.17. The lowest BCUT2D eigenvalue weighted by Gasteiger charge is -2.46. The van der Waals surface area contributed by atoms with Crippen molar-refractivity contribution in [1.29, 1.82) is 0 Å². The Morgan fingerprint density at radius 3 is 2.26 bits per heavy atom. The number of ether oxygens (including phenoxy) is 1. The summed E-state index contributed by atoms with van der Waals surface area (Å²) in [5, 5.41) is 12.1. The van der Waals surface area contributed by atoms with Crippen molar-refractivity contribution in [2.75, 3.05) is 13.1 Å². The first-order valence-corrected chi connectivity index (χ1v) is 7.79. The molecule has 7 heteroatoms. The van der Waals surface area contributed by atoms with Crippen molar-refractivity contribution in [3.8, 4) is 0 Å². The van der Waals surface area contributed by atoms with Gasteiger partial charge in [-0.15, -0.1) is 0 Å². The van der Waals surface area contributed by atoms with E-state index >= 15 is 0 Å². The molecule has 0 aromatic heterocycles. The second-order valence-electron chi connectivity index (χ2n) is 8.00. The highest BCUT2D eigenvalue weighted by Crippen LogP contribution is 2.45. The second kappa shape index (κ2) is 6.37. The van der Waals surface area contributed by atoms with E-state index in [1.54, 1.807) is 20.8 Å². The maximum atomic E-state index is 11.9. The van der Waals surface area contributed by atoms with Gasteiger partial charge >= 0.3 is 12.2 Å². The van der Waals surface area contributed by atoms with Crippen LogP contribution in [-0.4, -0.2) is 52.7 Å². The Kier molecular flexibility index (Phi) is 5.34. The summed E-state index contributed by atoms with van der Waals surface area (Å²) in [6.45, 7) is 11.3. The molecule has 1 heterocycles. The van der Waals surface area contributed by atoms with E-state index in [0.29, 0.717) is 6.42 Å². The lowest BCUT2D eigenvalue weighted by Crippen LogP contribution is -2.61. The molecular weight excluding hydrogens is 300 g/mol. The molecule has 1 fully saturated rings. The normalized spacial score (nSPS) is 25.1. The van der Waals surface area contributed by atoms with Crippen LogP contribution in [0.1, 0.15) is 48.0 Å². The number of aldehydes is 1. The molecule has 0 bridgehead atoms. The summed E-state index contributed by atoms with van der Waals surface area (Å²) < 4.78 is 5.19. The standard InChI is InChI=1S/C16H28N2O5/c1-14(2,3)16(10-19)11(7-8-18(16)13(21)22)9-17-12(20)23-15(4,5)6/h10-11H,7-9H2,1-6H3,(H,17,20)(H,21,22)/t11-,16+/m0/s1. The molecule has 1 saturated heterocycles. The van der Waals surface area contributed by atoms with Crippen LogP contribution in [0.4, 0.5) is 9.59 Å². The van der Waals surface area contributed by atoms with Crippen molar-refractivity contribution in [2.24, 2.45) is 11.3 Å². The smallest absolute Gasteiger partial charge is 0.408 e. The van der Waals surface area contributed by atoms with Crippen LogP contribution in [0.2, 0.25) is 0 Å². The number of nitrogens with one attached hydrogen (secondary N) is 1. The molecule has 0 unspecified atom stereocenters. The summed E-state index contributed by atoms with van der Waals surface area (Å²) in [6, 6.07) is 0. The number of carbonyl (C=O) groups excluding carboxylic acids is 2. The highest BCUT2D eigenvalue weighted by atomic mass is 16.6. The Morgan fingerprint density at radius 1 is 1.30 bits per heavy atom. The van der Waals surface area contributed by atoms with Crippen molar-refractivity contribution in [2.45, 2.75) is 59.1 Å². The number of carbonyl (C=O) groups is 3. The Balaban J connectivity index is 2.95. The van der Waals surface area contributed by atoms with Crippen LogP contribution < -0.4 is 5.32 Å². The summed E-state index contributed by atoms with van der Waals surface area (Å²) in [5.41, 5.74) is -2.38. The van der Waals surface area contributed by atoms with Gasteiger partial charge in [-0.3, -0.25) is 4.90 Å². The van der Waals surface area contributed by atoms with Crippen molar-refractivity contribution < 1.29 is 24.2 Å². The molecule has 0 aliphatic carbocycles. The summed E-state index contributed by atoms with van der Waals surface area (Å²) in [7, 11) is 0. The fraction of sp³-hybridized carbons (Fsp3) is 0.812. The molecule has 0 saturated carbocycles. The Hall–Kier alpha value is -1.79. The third-order valence-electron chi connectivity index (χ3n) is 4.27. The van der Waals surface area contributed by atoms with E-state index in [1.807, 2.05) is 20.8 Å². The summed E-state index contributed by atoms with van der Waals surface area (Å²) in [4.78, 5) is 36.5. The highest BCUT2D eigenvalue weighted by Gasteiger charge is 2.58. The van der Waals surface area contributed by atoms with Crippen LogP contribution in [-0.2, 0) is 9.53 Å². The van der Waals surface area contributed by atoms with E-state index in [1.165, 1.54) is 4.90 Å². The largest absolute Gasteiger partial charge is 0.465 e. The molecule has 0 aromatic carbocycles. The molecule has 7 nitrogen and oxygen atoms in total. The van der Waals surface area contributed by atoms with E-state index in [4.69, 9.17) is 4.74 Å². The van der Waals surface area contributed by atoms with Crippen LogP contribution in [0, 0.1) is 11.3 Å². The minimum Gasteiger partial charge on any atom is -0.465 e. The Bertz CT molecular complexity index is 478. The van der Waals surface area contributed by atoms with E-state index in [0.717, 1.165) is 6.29 Å². The fourth-order valence-electron chi connectivity index (χ4n) is 3.30. The third kappa shape index (κ3) is 3.95. The van der Waals surface area contributed by atoms with Crippen molar-refractivity contribution in [3.63, 3.8) is 0 Å². The zero-order chi connectivity index (χ0) is 18.1. The van der Waals surface area contributed by atoms with Crippen molar-refractivity contribution in [3.05, 3.63) is 0 Å². The predicted molar refractivity (Wildman–Crippen MR) is 85.3 cm³/mol. The minimum absolute atomic E-state index is 0.189. The number of likely N-dealkylation sites (tertiary alicyclic amines) is 1. The van der Waals surface area contributed by atoms with Gasteiger partial charge < -0.3 is 20.0 Å².